The molecular formula is C22H22N4O5S. The second kappa shape index (κ2) is 10.6. The van der Waals surface area contributed by atoms with Crippen molar-refractivity contribution in [1.29, 1.82) is 0 Å². The maximum atomic E-state index is 12.4. The van der Waals surface area contributed by atoms with Crippen LogP contribution in [0.3, 0.4) is 0 Å². The molecule has 32 heavy (non-hydrogen) atoms. The number of sulfonamides is 1. The third kappa shape index (κ3) is 6.43. The van der Waals surface area contributed by atoms with Gasteiger partial charge in [-0.1, -0.05) is 12.1 Å². The molecule has 0 saturated carbocycles. The number of carbonyl (C=O) groups is 2. The molecule has 3 rings (SSSR count). The van der Waals surface area contributed by atoms with Crippen molar-refractivity contribution in [2.45, 2.75) is 24.8 Å². The van der Waals surface area contributed by atoms with E-state index in [0.29, 0.717) is 11.3 Å². The third-order valence-electron chi connectivity index (χ3n) is 4.39. The van der Waals surface area contributed by atoms with Gasteiger partial charge in [-0.3, -0.25) is 14.6 Å². The lowest BCUT2D eigenvalue weighted by molar-refractivity contribution is -0.116. The molecule has 1 amide bonds. The van der Waals surface area contributed by atoms with Crippen LogP contribution in [0.5, 0.6) is 5.75 Å². The number of anilines is 1. The molecule has 0 bridgehead atoms. The second-order valence-corrected chi connectivity index (χ2v) is 8.54. The fraction of sp³-hybridized carbons (Fsp3) is 0.182. The highest BCUT2D eigenvalue weighted by atomic mass is 32.2. The summed E-state index contributed by atoms with van der Waals surface area (Å²) < 4.78 is 32.8. The van der Waals surface area contributed by atoms with Crippen molar-refractivity contribution in [3.8, 4) is 5.75 Å². The Morgan fingerprint density at radius 3 is 2.41 bits per heavy atom. The third-order valence-corrected chi connectivity index (χ3v) is 5.86. The lowest BCUT2D eigenvalue weighted by Crippen LogP contribution is -2.28. The summed E-state index contributed by atoms with van der Waals surface area (Å²) in [6.45, 7) is 1.57. The van der Waals surface area contributed by atoms with Gasteiger partial charge in [0.1, 0.15) is 6.61 Å². The van der Waals surface area contributed by atoms with Gasteiger partial charge >= 0.3 is 0 Å². The molecule has 0 aliphatic rings. The van der Waals surface area contributed by atoms with Crippen LogP contribution in [-0.2, 0) is 21.4 Å². The van der Waals surface area contributed by atoms with E-state index >= 15 is 0 Å². The van der Waals surface area contributed by atoms with E-state index in [1.807, 2.05) is 12.1 Å². The maximum Gasteiger partial charge on any atom is 0.240 e. The summed E-state index contributed by atoms with van der Waals surface area (Å²) in [5, 5.41) is 2.63. The predicted molar refractivity (Wildman–Crippen MR) is 118 cm³/mol. The number of amides is 1. The minimum atomic E-state index is -3.81. The van der Waals surface area contributed by atoms with Gasteiger partial charge < -0.3 is 10.1 Å². The molecule has 0 spiro atoms. The smallest absolute Gasteiger partial charge is 0.240 e. The van der Waals surface area contributed by atoms with Crippen LogP contribution < -0.4 is 14.8 Å². The Kier molecular flexibility index (Phi) is 7.63. The molecule has 0 aliphatic carbocycles. The number of benzene rings is 1. The summed E-state index contributed by atoms with van der Waals surface area (Å²) in [5.41, 5.74) is 1.33. The average molecular weight is 455 g/mol. The van der Waals surface area contributed by atoms with E-state index in [0.717, 1.165) is 5.56 Å². The number of ketones is 1. The van der Waals surface area contributed by atoms with Crippen molar-refractivity contribution >= 4 is 27.5 Å². The van der Waals surface area contributed by atoms with Crippen molar-refractivity contribution in [2.24, 2.45) is 0 Å². The largest absolute Gasteiger partial charge is 0.485 e. The molecule has 1 aromatic carbocycles. The van der Waals surface area contributed by atoms with Crippen LogP contribution in [0.15, 0.2) is 72.0 Å². The molecule has 9 nitrogen and oxygen atoms in total. The standard InChI is InChI=1S/C22H22N4O5S/c1-16(27)18-4-6-19(7-5-18)32(29,30)25-14-10-21(28)26-22-20(3-2-11-24-22)31-15-17-8-12-23-13-9-17/h2-9,11-13,25H,10,14-15H2,1H3,(H,24,26,28). The monoisotopic (exact) mass is 454 g/mol. The number of nitrogens with one attached hydrogen (secondary N) is 2. The number of hydrogen-bond acceptors (Lipinski definition) is 7. The molecule has 0 fully saturated rings. The van der Waals surface area contributed by atoms with Crippen LogP contribution >= 0.6 is 0 Å². The molecule has 2 N–H and O–H groups in total. The first-order valence-corrected chi connectivity index (χ1v) is 11.2. The molecular weight excluding hydrogens is 432 g/mol. The number of Topliss-reactive ketones (excluding diaryl/α,β-unsaturated/α-hetero) is 1. The predicted octanol–water partition coefficient (Wildman–Crippen LogP) is 2.57. The van der Waals surface area contributed by atoms with E-state index in [1.54, 1.807) is 24.5 Å². The fourth-order valence-electron chi connectivity index (χ4n) is 2.69. The van der Waals surface area contributed by atoms with E-state index in [-0.39, 0.29) is 36.1 Å². The molecule has 0 atom stereocenters. The van der Waals surface area contributed by atoms with Crippen molar-refractivity contribution in [3.63, 3.8) is 0 Å². The Labute approximate surface area is 185 Å². The first kappa shape index (κ1) is 23.0. The minimum absolute atomic E-state index is 0.0134. The van der Waals surface area contributed by atoms with Crippen molar-refractivity contribution in [2.75, 3.05) is 11.9 Å². The van der Waals surface area contributed by atoms with Gasteiger partial charge in [0, 0.05) is 37.1 Å². The van der Waals surface area contributed by atoms with E-state index in [9.17, 15) is 18.0 Å². The zero-order valence-electron chi connectivity index (χ0n) is 17.3. The first-order chi connectivity index (χ1) is 15.3. The molecule has 2 heterocycles. The second-order valence-electron chi connectivity index (χ2n) is 6.77. The first-order valence-electron chi connectivity index (χ1n) is 9.72. The SMILES string of the molecule is CC(=O)c1ccc(S(=O)(=O)NCCC(=O)Nc2ncccc2OCc2ccncc2)cc1. The van der Waals surface area contributed by atoms with E-state index in [1.165, 1.54) is 37.4 Å². The minimum Gasteiger partial charge on any atom is -0.485 e. The van der Waals surface area contributed by atoms with E-state index < -0.39 is 15.9 Å². The zero-order chi connectivity index (χ0) is 23.0. The van der Waals surface area contributed by atoms with Crippen molar-refractivity contribution < 1.29 is 22.7 Å². The lowest BCUT2D eigenvalue weighted by atomic mass is 10.2. The molecule has 2 aromatic heterocycles. The van der Waals surface area contributed by atoms with Gasteiger partial charge in [0.25, 0.3) is 0 Å². The number of hydrogen-bond donors (Lipinski definition) is 2. The number of ether oxygens (including phenoxy) is 1. The zero-order valence-corrected chi connectivity index (χ0v) is 18.1. The van der Waals surface area contributed by atoms with E-state index in [2.05, 4.69) is 20.0 Å². The number of nitrogens with zero attached hydrogens (tertiary/aromatic N) is 2. The fourth-order valence-corrected chi connectivity index (χ4v) is 3.72. The molecule has 166 valence electrons. The molecule has 0 saturated heterocycles. The van der Waals surface area contributed by atoms with Gasteiger partial charge in [0.05, 0.1) is 4.90 Å². The van der Waals surface area contributed by atoms with Gasteiger partial charge in [-0.2, -0.15) is 0 Å². The van der Waals surface area contributed by atoms with Crippen molar-refractivity contribution in [3.05, 3.63) is 78.2 Å². The molecule has 0 radical (unpaired) electrons. The van der Waals surface area contributed by atoms with Crippen LogP contribution in [0, 0.1) is 0 Å². The molecule has 0 unspecified atom stereocenters. The number of carbonyl (C=O) groups excluding carboxylic acids is 2. The highest BCUT2D eigenvalue weighted by Gasteiger charge is 2.15. The molecule has 3 aromatic rings. The Bertz CT molecular complexity index is 1180. The van der Waals surface area contributed by atoms with E-state index in [4.69, 9.17) is 4.74 Å². The van der Waals surface area contributed by atoms with Gasteiger partial charge in [-0.25, -0.2) is 18.1 Å². The summed E-state index contributed by atoms with van der Waals surface area (Å²) in [4.78, 5) is 31.7. The normalized spacial score (nSPS) is 11.0. The topological polar surface area (TPSA) is 127 Å². The Morgan fingerprint density at radius 2 is 1.72 bits per heavy atom. The molecule has 0 aliphatic heterocycles. The van der Waals surface area contributed by atoms with Gasteiger partial charge in [-0.05, 0) is 48.9 Å². The Hall–Kier alpha value is -3.63. The highest BCUT2D eigenvalue weighted by molar-refractivity contribution is 7.89. The summed E-state index contributed by atoms with van der Waals surface area (Å²) in [6.07, 6.45) is 4.72. The number of aromatic nitrogens is 2. The van der Waals surface area contributed by atoms with Gasteiger partial charge in [0.2, 0.25) is 15.9 Å². The lowest BCUT2D eigenvalue weighted by Gasteiger charge is -2.12. The quantitative estimate of drug-likeness (QED) is 0.451. The van der Waals surface area contributed by atoms with Gasteiger partial charge in [-0.15, -0.1) is 0 Å². The Morgan fingerprint density at radius 1 is 1.00 bits per heavy atom. The summed E-state index contributed by atoms with van der Waals surface area (Å²) in [5.74, 6) is 0.0577. The summed E-state index contributed by atoms with van der Waals surface area (Å²) in [7, 11) is -3.81. The number of pyridine rings is 2. The van der Waals surface area contributed by atoms with Crippen LogP contribution in [0.4, 0.5) is 5.82 Å². The van der Waals surface area contributed by atoms with Crippen molar-refractivity contribution in [1.82, 2.24) is 14.7 Å². The highest BCUT2D eigenvalue weighted by Crippen LogP contribution is 2.22. The maximum absolute atomic E-state index is 12.4. The van der Waals surface area contributed by atoms with Crippen LogP contribution in [0.25, 0.3) is 0 Å². The van der Waals surface area contributed by atoms with Gasteiger partial charge in [0.15, 0.2) is 17.4 Å². The summed E-state index contributed by atoms with van der Waals surface area (Å²) in [6, 6.07) is 12.6. The molecule has 10 heteroatoms. The van der Waals surface area contributed by atoms with Crippen LogP contribution in [0.2, 0.25) is 0 Å². The average Bonchev–Trinajstić information content (AvgIpc) is 2.79. The summed E-state index contributed by atoms with van der Waals surface area (Å²) >= 11 is 0. The number of rotatable bonds is 10. The Balaban J connectivity index is 1.53. The van der Waals surface area contributed by atoms with Crippen LogP contribution in [-0.4, -0.2) is 36.6 Å². The van der Waals surface area contributed by atoms with Crippen LogP contribution in [0.1, 0.15) is 29.3 Å².